The van der Waals surface area contributed by atoms with Crippen molar-refractivity contribution in [3.63, 3.8) is 0 Å². The molecule has 1 aliphatic heterocycles. The standard InChI is InChI=1S/C24H24F3N7O2/c1-15(35)33-12-20(13-33)29-10-18(9-28)16-5-6-34-21(11-30-22(34)8-16)17-3-2-4-19(7-17)32-23(36)31-14-24(25,26)27/h2-11,20H,12-14,28H2,1H3,(H2,31,32,36). The van der Waals surface area contributed by atoms with Gasteiger partial charge in [0.25, 0.3) is 0 Å². The van der Waals surface area contributed by atoms with Crippen LogP contribution in [-0.2, 0) is 4.79 Å². The number of allylic oxidation sites excluding steroid dienone is 1. The number of nitrogens with two attached hydrogens (primary N) is 1. The summed E-state index contributed by atoms with van der Waals surface area (Å²) >= 11 is 0. The first kappa shape index (κ1) is 24.8. The molecule has 9 nitrogen and oxygen atoms in total. The normalized spacial score (nSPS) is 14.8. The van der Waals surface area contributed by atoms with Crippen molar-refractivity contribution >= 4 is 35.1 Å². The number of amides is 3. The highest BCUT2D eigenvalue weighted by atomic mass is 19.4. The molecule has 1 fully saturated rings. The lowest BCUT2D eigenvalue weighted by molar-refractivity contribution is -0.132. The van der Waals surface area contributed by atoms with E-state index in [1.165, 1.54) is 13.1 Å². The van der Waals surface area contributed by atoms with E-state index in [9.17, 15) is 22.8 Å². The van der Waals surface area contributed by atoms with Crippen molar-refractivity contribution in [3.05, 3.63) is 60.6 Å². The summed E-state index contributed by atoms with van der Waals surface area (Å²) in [4.78, 5) is 33.8. The second kappa shape index (κ2) is 10.1. The Hall–Kier alpha value is -4.35. The number of nitrogens with one attached hydrogen (secondary N) is 2. The van der Waals surface area contributed by atoms with Gasteiger partial charge in [-0.25, -0.2) is 9.78 Å². The minimum absolute atomic E-state index is 0.0302. The summed E-state index contributed by atoms with van der Waals surface area (Å²) in [6.45, 7) is 1.28. The lowest BCUT2D eigenvalue weighted by Gasteiger charge is -2.36. The van der Waals surface area contributed by atoms with E-state index in [1.807, 2.05) is 22.7 Å². The molecule has 1 aromatic carbocycles. The van der Waals surface area contributed by atoms with Gasteiger partial charge in [0.15, 0.2) is 0 Å². The summed E-state index contributed by atoms with van der Waals surface area (Å²) in [6.07, 6.45) is 2.14. The first-order chi connectivity index (χ1) is 17.1. The smallest absolute Gasteiger partial charge is 0.404 e. The predicted octanol–water partition coefficient (Wildman–Crippen LogP) is 3.29. The van der Waals surface area contributed by atoms with Crippen molar-refractivity contribution in [1.82, 2.24) is 19.6 Å². The minimum Gasteiger partial charge on any atom is -0.404 e. The number of rotatable bonds is 6. The number of hydrogen-bond donors (Lipinski definition) is 3. The number of anilines is 1. The van der Waals surface area contributed by atoms with Gasteiger partial charge < -0.3 is 21.3 Å². The number of likely N-dealkylation sites (tertiary alicyclic amines) is 1. The maximum Gasteiger partial charge on any atom is 0.405 e. The number of nitrogens with zero attached hydrogens (tertiary/aromatic N) is 4. The molecule has 3 amide bonds. The number of halogens is 3. The van der Waals surface area contributed by atoms with E-state index in [4.69, 9.17) is 5.73 Å². The molecule has 0 aliphatic carbocycles. The van der Waals surface area contributed by atoms with Crippen LogP contribution in [0.1, 0.15) is 12.5 Å². The molecule has 0 unspecified atom stereocenters. The number of urea groups is 1. The van der Waals surface area contributed by atoms with E-state index in [0.717, 1.165) is 11.3 Å². The molecule has 188 valence electrons. The van der Waals surface area contributed by atoms with E-state index in [2.05, 4.69) is 15.3 Å². The molecule has 0 saturated carbocycles. The lowest BCUT2D eigenvalue weighted by atomic mass is 10.1. The van der Waals surface area contributed by atoms with Crippen LogP contribution >= 0.6 is 0 Å². The Morgan fingerprint density at radius 2 is 2.03 bits per heavy atom. The molecular weight excluding hydrogens is 475 g/mol. The summed E-state index contributed by atoms with van der Waals surface area (Å²) in [5.74, 6) is 0.0302. The number of aliphatic imine (C=N–C) groups is 1. The first-order valence-corrected chi connectivity index (χ1v) is 11.0. The topological polar surface area (TPSA) is 117 Å². The third-order valence-corrected chi connectivity index (χ3v) is 5.62. The predicted molar refractivity (Wildman–Crippen MR) is 130 cm³/mol. The van der Waals surface area contributed by atoms with E-state index < -0.39 is 18.8 Å². The second-order valence-electron chi connectivity index (χ2n) is 8.27. The molecule has 12 heteroatoms. The number of aromatic nitrogens is 2. The molecule has 36 heavy (non-hydrogen) atoms. The van der Waals surface area contributed by atoms with E-state index in [1.54, 1.807) is 46.9 Å². The zero-order chi connectivity index (χ0) is 25.9. The Morgan fingerprint density at radius 1 is 1.25 bits per heavy atom. The Kier molecular flexibility index (Phi) is 6.95. The summed E-state index contributed by atoms with van der Waals surface area (Å²) in [7, 11) is 0. The number of carbonyl (C=O) groups is 2. The highest BCUT2D eigenvalue weighted by Gasteiger charge is 2.28. The van der Waals surface area contributed by atoms with E-state index in [-0.39, 0.29) is 11.9 Å². The Balaban J connectivity index is 1.48. The van der Waals surface area contributed by atoms with Crippen molar-refractivity contribution in [2.24, 2.45) is 10.7 Å². The largest absolute Gasteiger partial charge is 0.405 e. The number of alkyl halides is 3. The number of fused-ring (bicyclic) bond motifs is 1. The van der Waals surface area contributed by atoms with Crippen LogP contribution in [0.3, 0.4) is 0 Å². The quantitative estimate of drug-likeness (QED) is 0.451. The molecule has 4 N–H and O–H groups in total. The number of hydrogen-bond acceptors (Lipinski definition) is 5. The van der Waals surface area contributed by atoms with Gasteiger partial charge in [0.1, 0.15) is 12.2 Å². The number of pyridine rings is 1. The van der Waals surface area contributed by atoms with Crippen molar-refractivity contribution in [2.75, 3.05) is 25.0 Å². The van der Waals surface area contributed by atoms with Gasteiger partial charge in [-0.1, -0.05) is 12.1 Å². The average molecular weight is 499 g/mol. The Bertz CT molecular complexity index is 1340. The van der Waals surface area contributed by atoms with Gasteiger partial charge >= 0.3 is 12.2 Å². The molecule has 0 spiro atoms. The Morgan fingerprint density at radius 3 is 2.72 bits per heavy atom. The molecule has 0 atom stereocenters. The number of imidazole rings is 1. The van der Waals surface area contributed by atoms with Gasteiger partial charge in [-0.3, -0.25) is 14.2 Å². The summed E-state index contributed by atoms with van der Waals surface area (Å²) in [5.41, 5.74) is 9.75. The van der Waals surface area contributed by atoms with Crippen LogP contribution in [0.4, 0.5) is 23.7 Å². The highest BCUT2D eigenvalue weighted by Crippen LogP contribution is 2.25. The van der Waals surface area contributed by atoms with Gasteiger partial charge in [0.05, 0.1) is 17.9 Å². The maximum atomic E-state index is 12.3. The monoisotopic (exact) mass is 499 g/mol. The molecule has 1 saturated heterocycles. The second-order valence-corrected chi connectivity index (χ2v) is 8.27. The molecule has 0 bridgehead atoms. The van der Waals surface area contributed by atoms with Crippen LogP contribution in [0.5, 0.6) is 0 Å². The summed E-state index contributed by atoms with van der Waals surface area (Å²) in [6, 6.07) is 9.51. The van der Waals surface area contributed by atoms with Gasteiger partial charge in [0.2, 0.25) is 5.91 Å². The van der Waals surface area contributed by atoms with Crippen molar-refractivity contribution in [2.45, 2.75) is 19.1 Å². The summed E-state index contributed by atoms with van der Waals surface area (Å²) in [5, 5.41) is 4.17. The SMILES string of the molecule is CC(=O)N1CC(N=CC(=CN)c2ccn3c(-c4cccc(NC(=O)NCC(F)(F)F)c4)cnc3c2)C1. The van der Waals surface area contributed by atoms with Crippen LogP contribution in [0.25, 0.3) is 22.5 Å². The van der Waals surface area contributed by atoms with Crippen molar-refractivity contribution in [1.29, 1.82) is 0 Å². The zero-order valence-corrected chi connectivity index (χ0v) is 19.3. The fourth-order valence-electron chi connectivity index (χ4n) is 3.69. The molecule has 3 heterocycles. The molecule has 2 aromatic heterocycles. The highest BCUT2D eigenvalue weighted by molar-refractivity contribution is 6.10. The lowest BCUT2D eigenvalue weighted by Crippen LogP contribution is -2.51. The van der Waals surface area contributed by atoms with Crippen LogP contribution in [-0.4, -0.2) is 64.3 Å². The van der Waals surface area contributed by atoms with E-state index >= 15 is 0 Å². The molecule has 0 radical (unpaired) electrons. The van der Waals surface area contributed by atoms with Crippen LogP contribution in [0.2, 0.25) is 0 Å². The third kappa shape index (κ3) is 5.82. The fraction of sp³-hybridized carbons (Fsp3) is 0.250. The van der Waals surface area contributed by atoms with E-state index in [0.29, 0.717) is 35.6 Å². The molecule has 3 aromatic rings. The van der Waals surface area contributed by atoms with Crippen LogP contribution in [0.15, 0.2) is 60.0 Å². The van der Waals surface area contributed by atoms with Crippen LogP contribution < -0.4 is 16.4 Å². The number of carbonyl (C=O) groups excluding carboxylic acids is 2. The Labute approximate surface area is 204 Å². The van der Waals surface area contributed by atoms with Crippen molar-refractivity contribution < 1.29 is 22.8 Å². The molecule has 1 aliphatic rings. The van der Waals surface area contributed by atoms with Gasteiger partial charge in [-0.2, -0.15) is 13.2 Å². The minimum atomic E-state index is -4.49. The molecule has 4 rings (SSSR count). The zero-order valence-electron chi connectivity index (χ0n) is 19.3. The van der Waals surface area contributed by atoms with Gasteiger partial charge in [0, 0.05) is 55.4 Å². The fourth-order valence-corrected chi connectivity index (χ4v) is 3.69. The summed E-state index contributed by atoms with van der Waals surface area (Å²) < 4.78 is 38.8. The average Bonchev–Trinajstić information content (AvgIpc) is 3.22. The van der Waals surface area contributed by atoms with Crippen molar-refractivity contribution in [3.8, 4) is 11.3 Å². The maximum absolute atomic E-state index is 12.3. The molecular formula is C24H24F3N7O2. The number of benzene rings is 1. The van der Waals surface area contributed by atoms with Gasteiger partial charge in [-0.15, -0.1) is 0 Å². The first-order valence-electron chi connectivity index (χ1n) is 11.0. The van der Waals surface area contributed by atoms with Gasteiger partial charge in [-0.05, 0) is 29.8 Å². The third-order valence-electron chi connectivity index (χ3n) is 5.62. The van der Waals surface area contributed by atoms with Crippen LogP contribution in [0, 0.1) is 0 Å².